The maximum absolute atomic E-state index is 11.9. The summed E-state index contributed by atoms with van der Waals surface area (Å²) in [6.45, 7) is 4.38. The molecule has 1 unspecified atom stereocenters. The minimum atomic E-state index is -0.887. The van der Waals surface area contributed by atoms with Crippen LogP contribution in [0.5, 0.6) is 0 Å². The summed E-state index contributed by atoms with van der Waals surface area (Å²) >= 11 is 13.5. The summed E-state index contributed by atoms with van der Waals surface area (Å²) in [7, 11) is 0. The summed E-state index contributed by atoms with van der Waals surface area (Å²) in [6.07, 6.45) is 0.526. The summed E-state index contributed by atoms with van der Waals surface area (Å²) in [6, 6.07) is 2.04. The van der Waals surface area contributed by atoms with Gasteiger partial charge in [-0.05, 0) is 37.3 Å². The summed E-state index contributed by atoms with van der Waals surface area (Å²) < 4.78 is -0.887. The molecule has 0 aromatic carbocycles. The van der Waals surface area contributed by atoms with Crippen molar-refractivity contribution < 1.29 is 4.79 Å². The Hall–Kier alpha value is -0.250. The SMILES string of the molecule is Cc1ccsc1CNC(=O)C1(C)CC1(Cl)Cl. The Balaban J connectivity index is 1.93. The van der Waals surface area contributed by atoms with Crippen LogP contribution in [0.4, 0.5) is 0 Å². The fraction of sp³-hybridized carbons (Fsp3) is 0.545. The van der Waals surface area contributed by atoms with Crippen LogP contribution in [-0.2, 0) is 11.3 Å². The number of rotatable bonds is 3. The highest BCUT2D eigenvalue weighted by Gasteiger charge is 2.67. The predicted molar refractivity (Wildman–Crippen MR) is 68.1 cm³/mol. The zero-order valence-electron chi connectivity index (χ0n) is 9.14. The maximum Gasteiger partial charge on any atom is 0.229 e. The predicted octanol–water partition coefficient (Wildman–Crippen LogP) is 3.26. The lowest BCUT2D eigenvalue weighted by molar-refractivity contribution is -0.125. The number of thiophene rings is 1. The van der Waals surface area contributed by atoms with Crippen LogP contribution in [0.2, 0.25) is 0 Å². The van der Waals surface area contributed by atoms with E-state index in [1.165, 1.54) is 10.4 Å². The van der Waals surface area contributed by atoms with Gasteiger partial charge in [-0.3, -0.25) is 4.79 Å². The number of hydrogen-bond donors (Lipinski definition) is 1. The highest BCUT2D eigenvalue weighted by atomic mass is 35.5. The van der Waals surface area contributed by atoms with E-state index in [9.17, 15) is 4.79 Å². The van der Waals surface area contributed by atoms with Crippen molar-refractivity contribution in [1.29, 1.82) is 0 Å². The fourth-order valence-electron chi connectivity index (χ4n) is 1.59. The molecular formula is C11H13Cl2NOS. The third kappa shape index (κ3) is 1.96. The van der Waals surface area contributed by atoms with Gasteiger partial charge in [-0.2, -0.15) is 0 Å². The Morgan fingerprint density at radius 3 is 2.69 bits per heavy atom. The van der Waals surface area contributed by atoms with E-state index in [4.69, 9.17) is 23.2 Å². The van der Waals surface area contributed by atoms with Crippen molar-refractivity contribution in [2.45, 2.75) is 31.1 Å². The molecule has 2 nitrogen and oxygen atoms in total. The van der Waals surface area contributed by atoms with E-state index in [0.717, 1.165) is 0 Å². The van der Waals surface area contributed by atoms with Gasteiger partial charge in [-0.25, -0.2) is 0 Å². The largest absolute Gasteiger partial charge is 0.351 e. The second-order valence-electron chi connectivity index (χ2n) is 4.42. The highest BCUT2D eigenvalue weighted by molar-refractivity contribution is 7.10. The Kier molecular flexibility index (Phi) is 2.97. The zero-order chi connectivity index (χ0) is 12.0. The second kappa shape index (κ2) is 3.90. The van der Waals surface area contributed by atoms with E-state index < -0.39 is 9.75 Å². The number of halogens is 2. The normalized spacial score (nSPS) is 26.5. The molecule has 1 N–H and O–H groups in total. The lowest BCUT2D eigenvalue weighted by Crippen LogP contribution is -2.32. The summed E-state index contributed by atoms with van der Waals surface area (Å²) in [5, 5.41) is 4.90. The first-order valence-electron chi connectivity index (χ1n) is 5.06. The molecule has 88 valence electrons. The van der Waals surface area contributed by atoms with Gasteiger partial charge in [0.1, 0.15) is 4.33 Å². The highest BCUT2D eigenvalue weighted by Crippen LogP contribution is 2.63. The number of carbonyl (C=O) groups is 1. The number of amides is 1. The van der Waals surface area contributed by atoms with E-state index in [-0.39, 0.29) is 5.91 Å². The number of carbonyl (C=O) groups excluding carboxylic acids is 1. The average molecular weight is 278 g/mol. The van der Waals surface area contributed by atoms with Gasteiger partial charge in [-0.15, -0.1) is 34.5 Å². The first kappa shape index (κ1) is 12.2. The average Bonchev–Trinajstić information content (AvgIpc) is 2.57. The lowest BCUT2D eigenvalue weighted by Gasteiger charge is -2.12. The fourth-order valence-corrected chi connectivity index (χ4v) is 3.14. The van der Waals surface area contributed by atoms with Crippen LogP contribution in [-0.4, -0.2) is 10.2 Å². The van der Waals surface area contributed by atoms with Crippen LogP contribution >= 0.6 is 34.5 Å². The van der Waals surface area contributed by atoms with E-state index in [0.29, 0.717) is 13.0 Å². The Morgan fingerprint density at radius 1 is 1.62 bits per heavy atom. The molecule has 1 fully saturated rings. The van der Waals surface area contributed by atoms with Crippen LogP contribution in [0.15, 0.2) is 11.4 Å². The molecular weight excluding hydrogens is 265 g/mol. The zero-order valence-corrected chi connectivity index (χ0v) is 11.5. The van der Waals surface area contributed by atoms with Gasteiger partial charge in [0.15, 0.2) is 0 Å². The smallest absolute Gasteiger partial charge is 0.229 e. The lowest BCUT2D eigenvalue weighted by atomic mass is 10.1. The van der Waals surface area contributed by atoms with Gasteiger partial charge in [0, 0.05) is 4.88 Å². The summed E-state index contributed by atoms with van der Waals surface area (Å²) in [5.74, 6) is -0.0645. The molecule has 2 rings (SSSR count). The molecule has 16 heavy (non-hydrogen) atoms. The van der Waals surface area contributed by atoms with Crippen molar-refractivity contribution in [2.75, 3.05) is 0 Å². The maximum atomic E-state index is 11.9. The third-order valence-corrected chi connectivity index (χ3v) is 5.26. The molecule has 1 aliphatic rings. The standard InChI is InChI=1S/C11H13Cl2NOS/c1-7-3-4-16-8(7)5-14-9(15)10(2)6-11(10,12)13/h3-4H,5-6H2,1-2H3,(H,14,15). The molecule has 0 bridgehead atoms. The molecule has 1 aromatic heterocycles. The molecule has 1 heterocycles. The number of nitrogens with one attached hydrogen (secondary N) is 1. The van der Waals surface area contributed by atoms with Crippen LogP contribution in [0.25, 0.3) is 0 Å². The molecule has 0 saturated heterocycles. The Labute approximate surface area is 109 Å². The number of aryl methyl sites for hydroxylation is 1. The van der Waals surface area contributed by atoms with Crippen molar-refractivity contribution in [2.24, 2.45) is 5.41 Å². The molecule has 0 spiro atoms. The molecule has 1 aliphatic carbocycles. The van der Waals surface area contributed by atoms with E-state index in [1.807, 2.05) is 18.4 Å². The minimum Gasteiger partial charge on any atom is -0.351 e. The van der Waals surface area contributed by atoms with Crippen LogP contribution in [0, 0.1) is 12.3 Å². The quantitative estimate of drug-likeness (QED) is 0.845. The molecule has 1 amide bonds. The third-order valence-electron chi connectivity index (χ3n) is 3.14. The van der Waals surface area contributed by atoms with Crippen molar-refractivity contribution >= 4 is 40.4 Å². The molecule has 0 aliphatic heterocycles. The van der Waals surface area contributed by atoms with E-state index >= 15 is 0 Å². The van der Waals surface area contributed by atoms with Gasteiger partial charge in [0.05, 0.1) is 12.0 Å². The van der Waals surface area contributed by atoms with Crippen molar-refractivity contribution in [1.82, 2.24) is 5.32 Å². The van der Waals surface area contributed by atoms with Gasteiger partial charge in [0.25, 0.3) is 0 Å². The molecule has 1 atom stereocenters. The first-order chi connectivity index (χ1) is 7.37. The van der Waals surface area contributed by atoms with E-state index in [1.54, 1.807) is 18.3 Å². The van der Waals surface area contributed by atoms with Gasteiger partial charge in [0.2, 0.25) is 5.91 Å². The first-order valence-corrected chi connectivity index (χ1v) is 6.69. The minimum absolute atomic E-state index is 0.0645. The van der Waals surface area contributed by atoms with Gasteiger partial charge < -0.3 is 5.32 Å². The second-order valence-corrected chi connectivity index (χ2v) is 6.91. The summed E-state index contributed by atoms with van der Waals surface area (Å²) in [5.41, 5.74) is 0.579. The number of hydrogen-bond acceptors (Lipinski definition) is 2. The molecule has 5 heteroatoms. The summed E-state index contributed by atoms with van der Waals surface area (Å²) in [4.78, 5) is 13.0. The van der Waals surface area contributed by atoms with Crippen molar-refractivity contribution in [3.63, 3.8) is 0 Å². The Bertz CT molecular complexity index is 429. The molecule has 1 aromatic rings. The number of alkyl halides is 2. The van der Waals surface area contributed by atoms with Crippen LogP contribution < -0.4 is 5.32 Å². The van der Waals surface area contributed by atoms with Gasteiger partial charge >= 0.3 is 0 Å². The van der Waals surface area contributed by atoms with Crippen molar-refractivity contribution in [3.8, 4) is 0 Å². The topological polar surface area (TPSA) is 29.1 Å². The molecule has 1 saturated carbocycles. The van der Waals surface area contributed by atoms with E-state index in [2.05, 4.69) is 5.32 Å². The van der Waals surface area contributed by atoms with Crippen LogP contribution in [0.1, 0.15) is 23.8 Å². The van der Waals surface area contributed by atoms with Crippen molar-refractivity contribution in [3.05, 3.63) is 21.9 Å². The molecule has 0 radical (unpaired) electrons. The Morgan fingerprint density at radius 2 is 2.25 bits per heavy atom. The van der Waals surface area contributed by atoms with Crippen LogP contribution in [0.3, 0.4) is 0 Å². The van der Waals surface area contributed by atoms with Gasteiger partial charge in [-0.1, -0.05) is 0 Å². The monoisotopic (exact) mass is 277 g/mol.